The lowest BCUT2D eigenvalue weighted by Crippen LogP contribution is -2.42. The van der Waals surface area contributed by atoms with E-state index < -0.39 is 0 Å². The van der Waals surface area contributed by atoms with E-state index in [2.05, 4.69) is 0 Å². The second kappa shape index (κ2) is 9.25. The number of esters is 1. The highest BCUT2D eigenvalue weighted by Crippen LogP contribution is 2.19. The summed E-state index contributed by atoms with van der Waals surface area (Å²) in [5.41, 5.74) is 0.908. The summed E-state index contributed by atoms with van der Waals surface area (Å²) in [6, 6.07) is 7.63. The number of hydrogen-bond acceptors (Lipinski definition) is 4. The van der Waals surface area contributed by atoms with Gasteiger partial charge in [-0.15, -0.1) is 0 Å². The van der Waals surface area contributed by atoms with Gasteiger partial charge in [0.1, 0.15) is 5.75 Å². The minimum Gasteiger partial charge on any atom is -0.491 e. The van der Waals surface area contributed by atoms with Crippen LogP contribution in [0.1, 0.15) is 39.2 Å². The number of piperidine rings is 1. The van der Waals surface area contributed by atoms with Crippen LogP contribution in [0.3, 0.4) is 0 Å². The fourth-order valence-corrected chi connectivity index (χ4v) is 2.87. The molecule has 0 spiro atoms. The Morgan fingerprint density at radius 2 is 2.16 bits per heavy atom. The van der Waals surface area contributed by atoms with Crippen LogP contribution in [-0.4, -0.2) is 42.6 Å². The first kappa shape index (κ1) is 19.0. The highest BCUT2D eigenvalue weighted by Gasteiger charge is 2.28. The number of hydrogen-bond donors (Lipinski definition) is 0. The zero-order valence-electron chi connectivity index (χ0n) is 15.2. The van der Waals surface area contributed by atoms with Crippen molar-refractivity contribution in [3.05, 3.63) is 35.9 Å². The van der Waals surface area contributed by atoms with Crippen molar-refractivity contribution in [2.45, 2.75) is 39.7 Å². The average molecular weight is 345 g/mol. The van der Waals surface area contributed by atoms with E-state index >= 15 is 0 Å². The van der Waals surface area contributed by atoms with E-state index in [4.69, 9.17) is 9.47 Å². The first-order valence-electron chi connectivity index (χ1n) is 8.90. The summed E-state index contributed by atoms with van der Waals surface area (Å²) < 4.78 is 10.7. The maximum absolute atomic E-state index is 12.4. The lowest BCUT2D eigenvalue weighted by atomic mass is 9.98. The first-order chi connectivity index (χ1) is 12.0. The number of carbonyl (C=O) groups is 2. The van der Waals surface area contributed by atoms with Gasteiger partial charge >= 0.3 is 5.97 Å². The minimum atomic E-state index is -0.214. The van der Waals surface area contributed by atoms with E-state index in [1.807, 2.05) is 38.1 Å². The minimum absolute atomic E-state index is 0.0795. The molecule has 1 atom stereocenters. The van der Waals surface area contributed by atoms with Gasteiger partial charge in [0.25, 0.3) is 0 Å². The van der Waals surface area contributed by atoms with Crippen molar-refractivity contribution in [2.24, 2.45) is 5.92 Å². The molecule has 0 aromatic heterocycles. The molecule has 5 nitrogen and oxygen atoms in total. The Kier molecular flexibility index (Phi) is 7.04. The molecule has 1 unspecified atom stereocenters. The molecular weight excluding hydrogens is 318 g/mol. The molecule has 136 valence electrons. The number of likely N-dealkylation sites (tertiary alicyclic amines) is 1. The van der Waals surface area contributed by atoms with Gasteiger partial charge in [0.05, 0.1) is 18.6 Å². The smallest absolute Gasteiger partial charge is 0.310 e. The van der Waals surface area contributed by atoms with Crippen molar-refractivity contribution in [3.8, 4) is 5.75 Å². The third-order valence-corrected chi connectivity index (χ3v) is 4.00. The molecule has 1 saturated heterocycles. The van der Waals surface area contributed by atoms with E-state index in [-0.39, 0.29) is 23.9 Å². The summed E-state index contributed by atoms with van der Waals surface area (Å²) in [4.78, 5) is 26.0. The number of ether oxygens (including phenoxy) is 2. The maximum atomic E-state index is 12.4. The van der Waals surface area contributed by atoms with Gasteiger partial charge in [0.2, 0.25) is 5.91 Å². The van der Waals surface area contributed by atoms with Gasteiger partial charge < -0.3 is 14.4 Å². The Morgan fingerprint density at radius 3 is 2.88 bits per heavy atom. The summed E-state index contributed by atoms with van der Waals surface area (Å²) in [5.74, 6) is 0.283. The molecule has 1 fully saturated rings. The van der Waals surface area contributed by atoms with E-state index in [1.54, 1.807) is 24.0 Å². The van der Waals surface area contributed by atoms with Crippen molar-refractivity contribution in [3.63, 3.8) is 0 Å². The molecule has 0 bridgehead atoms. The molecule has 1 aromatic rings. The third kappa shape index (κ3) is 5.93. The largest absolute Gasteiger partial charge is 0.491 e. The fourth-order valence-electron chi connectivity index (χ4n) is 2.87. The molecule has 0 radical (unpaired) electrons. The van der Waals surface area contributed by atoms with Crippen molar-refractivity contribution in [2.75, 3.05) is 19.7 Å². The number of amides is 1. The van der Waals surface area contributed by atoms with E-state index in [9.17, 15) is 9.59 Å². The van der Waals surface area contributed by atoms with E-state index in [0.717, 1.165) is 24.2 Å². The Morgan fingerprint density at radius 1 is 1.36 bits per heavy atom. The average Bonchev–Trinajstić information content (AvgIpc) is 2.60. The predicted octanol–water partition coefficient (Wildman–Crippen LogP) is 3.29. The number of carbonyl (C=O) groups excluding carboxylic acids is 2. The molecule has 1 heterocycles. The van der Waals surface area contributed by atoms with Gasteiger partial charge in [0, 0.05) is 19.2 Å². The van der Waals surface area contributed by atoms with Gasteiger partial charge in [-0.3, -0.25) is 9.59 Å². The van der Waals surface area contributed by atoms with Gasteiger partial charge in [-0.2, -0.15) is 0 Å². The van der Waals surface area contributed by atoms with Crippen LogP contribution >= 0.6 is 0 Å². The van der Waals surface area contributed by atoms with Crippen molar-refractivity contribution >= 4 is 18.0 Å². The standard InChI is InChI=1S/C20H27NO4/c1-4-24-20(23)17-8-6-12-21(14-17)19(22)11-10-16-7-5-9-18(13-16)25-15(2)3/h5,7,9-11,13,15,17H,4,6,8,12,14H2,1-3H3/b11-10+. The molecule has 2 rings (SSSR count). The Bertz CT molecular complexity index is 624. The van der Waals surface area contributed by atoms with Crippen LogP contribution in [0.25, 0.3) is 6.08 Å². The van der Waals surface area contributed by atoms with Crippen LogP contribution in [0, 0.1) is 5.92 Å². The van der Waals surface area contributed by atoms with Crippen LogP contribution in [0.4, 0.5) is 0 Å². The Hall–Kier alpha value is -2.30. The molecule has 5 heteroatoms. The van der Waals surface area contributed by atoms with Crippen molar-refractivity contribution in [1.82, 2.24) is 4.90 Å². The summed E-state index contributed by atoms with van der Waals surface area (Å²) in [6.45, 7) is 7.22. The normalized spacial score (nSPS) is 17.8. The van der Waals surface area contributed by atoms with E-state index in [1.165, 1.54) is 0 Å². The van der Waals surface area contributed by atoms with Gasteiger partial charge in [-0.05, 0) is 57.4 Å². The van der Waals surface area contributed by atoms with Crippen LogP contribution < -0.4 is 4.74 Å². The van der Waals surface area contributed by atoms with Crippen LogP contribution in [0.2, 0.25) is 0 Å². The monoisotopic (exact) mass is 345 g/mol. The predicted molar refractivity (Wildman–Crippen MR) is 97.2 cm³/mol. The summed E-state index contributed by atoms with van der Waals surface area (Å²) in [7, 11) is 0. The molecule has 0 saturated carbocycles. The molecule has 0 aliphatic carbocycles. The highest BCUT2D eigenvalue weighted by molar-refractivity contribution is 5.92. The molecule has 1 aliphatic heterocycles. The van der Waals surface area contributed by atoms with Gasteiger partial charge in [-0.1, -0.05) is 12.1 Å². The molecule has 1 aromatic carbocycles. The highest BCUT2D eigenvalue weighted by atomic mass is 16.5. The third-order valence-electron chi connectivity index (χ3n) is 4.00. The zero-order valence-corrected chi connectivity index (χ0v) is 15.2. The lowest BCUT2D eigenvalue weighted by Gasteiger charge is -2.30. The Labute approximate surface area is 149 Å². The van der Waals surface area contributed by atoms with Gasteiger partial charge in [-0.25, -0.2) is 0 Å². The Balaban J connectivity index is 1.96. The van der Waals surface area contributed by atoms with Crippen LogP contribution in [0.5, 0.6) is 5.75 Å². The lowest BCUT2D eigenvalue weighted by molar-refractivity contribution is -0.150. The van der Waals surface area contributed by atoms with Crippen LogP contribution in [0.15, 0.2) is 30.3 Å². The van der Waals surface area contributed by atoms with Crippen LogP contribution in [-0.2, 0) is 14.3 Å². The number of rotatable bonds is 6. The van der Waals surface area contributed by atoms with Crippen molar-refractivity contribution < 1.29 is 19.1 Å². The second-order valence-corrected chi connectivity index (χ2v) is 6.45. The second-order valence-electron chi connectivity index (χ2n) is 6.45. The van der Waals surface area contributed by atoms with Crippen molar-refractivity contribution in [1.29, 1.82) is 0 Å². The quantitative estimate of drug-likeness (QED) is 0.586. The van der Waals surface area contributed by atoms with E-state index in [0.29, 0.717) is 19.7 Å². The SMILES string of the molecule is CCOC(=O)C1CCCN(C(=O)/C=C/c2cccc(OC(C)C)c2)C1. The molecule has 25 heavy (non-hydrogen) atoms. The molecular formula is C20H27NO4. The van der Waals surface area contributed by atoms with Gasteiger partial charge in [0.15, 0.2) is 0 Å². The maximum Gasteiger partial charge on any atom is 0.310 e. The zero-order chi connectivity index (χ0) is 18.2. The molecule has 1 amide bonds. The summed E-state index contributed by atoms with van der Waals surface area (Å²) >= 11 is 0. The summed E-state index contributed by atoms with van der Waals surface area (Å²) in [5, 5.41) is 0. The topological polar surface area (TPSA) is 55.8 Å². The first-order valence-corrected chi connectivity index (χ1v) is 8.90. The molecule has 0 N–H and O–H groups in total. The fraction of sp³-hybridized carbons (Fsp3) is 0.500. The summed E-state index contributed by atoms with van der Waals surface area (Å²) in [6.07, 6.45) is 5.04. The number of benzene rings is 1. The molecule has 1 aliphatic rings. The number of nitrogens with zero attached hydrogens (tertiary/aromatic N) is 1.